The number of hydrogen-bond acceptors (Lipinski definition) is 6. The van der Waals surface area contributed by atoms with Gasteiger partial charge in [0.05, 0.1) is 11.7 Å². The molecule has 0 saturated carbocycles. The predicted octanol–water partition coefficient (Wildman–Crippen LogP) is 8.90. The van der Waals surface area contributed by atoms with Gasteiger partial charge in [0.1, 0.15) is 18.5 Å². The second-order valence-electron chi connectivity index (χ2n) is 13.7. The molecule has 3 N–H and O–H groups in total. The number of carbonyl (C=O) groups excluding carboxylic acids is 2. The maximum atomic E-state index is 12.8. The SMILES string of the molecule is CCCCCCCCCCCCCCCC(=O)OC(CC(O)C(C)(C)O)/C(C)=C/COc1ccc(CCNC(=O)c2ccccc2)cc1. The zero-order valence-electron chi connectivity index (χ0n) is 30.2. The first-order chi connectivity index (χ1) is 23.1. The van der Waals surface area contributed by atoms with E-state index in [9.17, 15) is 19.8 Å². The Morgan fingerprint density at radius 1 is 0.833 bits per heavy atom. The fraction of sp³-hybridized carbons (Fsp3) is 0.610. The Morgan fingerprint density at radius 3 is 1.96 bits per heavy atom. The molecule has 7 nitrogen and oxygen atoms in total. The average molecular weight is 666 g/mol. The van der Waals surface area contributed by atoms with E-state index in [-0.39, 0.29) is 24.9 Å². The molecule has 268 valence electrons. The minimum absolute atomic E-state index is 0.0867. The summed E-state index contributed by atoms with van der Waals surface area (Å²) in [5.74, 6) is 0.329. The molecule has 2 atom stereocenters. The molecule has 0 aliphatic rings. The lowest BCUT2D eigenvalue weighted by molar-refractivity contribution is -0.150. The van der Waals surface area contributed by atoms with Crippen molar-refractivity contribution >= 4 is 11.9 Å². The summed E-state index contributed by atoms with van der Waals surface area (Å²) < 4.78 is 11.7. The van der Waals surface area contributed by atoms with E-state index in [2.05, 4.69) is 12.2 Å². The molecule has 0 aromatic heterocycles. The summed E-state index contributed by atoms with van der Waals surface area (Å²) in [6.45, 7) is 8.01. The summed E-state index contributed by atoms with van der Waals surface area (Å²) in [5.41, 5.74) is 1.18. The fourth-order valence-corrected chi connectivity index (χ4v) is 5.49. The van der Waals surface area contributed by atoms with E-state index in [1.165, 1.54) is 64.2 Å². The van der Waals surface area contributed by atoms with Crippen LogP contribution in [0, 0.1) is 0 Å². The molecular formula is C41H63NO6. The van der Waals surface area contributed by atoms with Gasteiger partial charge in [-0.3, -0.25) is 9.59 Å². The third-order valence-electron chi connectivity index (χ3n) is 8.83. The predicted molar refractivity (Wildman–Crippen MR) is 195 cm³/mol. The van der Waals surface area contributed by atoms with Crippen LogP contribution >= 0.6 is 0 Å². The average Bonchev–Trinajstić information content (AvgIpc) is 3.07. The molecule has 0 aliphatic heterocycles. The highest BCUT2D eigenvalue weighted by Crippen LogP contribution is 2.22. The van der Waals surface area contributed by atoms with Crippen molar-refractivity contribution in [3.63, 3.8) is 0 Å². The maximum absolute atomic E-state index is 12.8. The summed E-state index contributed by atoms with van der Waals surface area (Å²) in [5, 5.41) is 23.8. The lowest BCUT2D eigenvalue weighted by Gasteiger charge is -2.28. The van der Waals surface area contributed by atoms with Gasteiger partial charge in [0.2, 0.25) is 0 Å². The number of aliphatic hydroxyl groups is 2. The van der Waals surface area contributed by atoms with Gasteiger partial charge in [-0.2, -0.15) is 0 Å². The Hall–Kier alpha value is -3.16. The monoisotopic (exact) mass is 665 g/mol. The number of amides is 1. The van der Waals surface area contributed by atoms with Crippen LogP contribution in [-0.4, -0.2) is 53.1 Å². The third-order valence-corrected chi connectivity index (χ3v) is 8.83. The molecule has 0 fully saturated rings. The van der Waals surface area contributed by atoms with Gasteiger partial charge < -0.3 is 25.0 Å². The van der Waals surface area contributed by atoms with Crippen molar-refractivity contribution in [1.82, 2.24) is 5.32 Å². The first-order valence-electron chi connectivity index (χ1n) is 18.4. The summed E-state index contributed by atoms with van der Waals surface area (Å²) in [7, 11) is 0. The number of esters is 1. The number of ether oxygens (including phenoxy) is 2. The highest BCUT2D eigenvalue weighted by atomic mass is 16.5. The Bertz CT molecular complexity index is 1170. The smallest absolute Gasteiger partial charge is 0.306 e. The normalized spacial score (nSPS) is 13.2. The van der Waals surface area contributed by atoms with E-state index in [1.807, 2.05) is 55.5 Å². The van der Waals surface area contributed by atoms with E-state index in [0.717, 1.165) is 30.4 Å². The van der Waals surface area contributed by atoms with Gasteiger partial charge in [0, 0.05) is 24.9 Å². The number of rotatable bonds is 26. The molecule has 2 rings (SSSR count). The molecule has 0 radical (unpaired) electrons. The van der Waals surface area contributed by atoms with Gasteiger partial charge in [-0.25, -0.2) is 0 Å². The molecule has 2 unspecified atom stereocenters. The highest BCUT2D eigenvalue weighted by Gasteiger charge is 2.30. The number of aliphatic hydroxyl groups excluding tert-OH is 1. The van der Waals surface area contributed by atoms with E-state index in [0.29, 0.717) is 30.7 Å². The Balaban J connectivity index is 1.72. The van der Waals surface area contributed by atoms with Crippen LogP contribution in [0.15, 0.2) is 66.2 Å². The van der Waals surface area contributed by atoms with Crippen LogP contribution in [-0.2, 0) is 16.0 Å². The van der Waals surface area contributed by atoms with E-state index in [1.54, 1.807) is 26.0 Å². The van der Waals surface area contributed by atoms with Gasteiger partial charge in [0.15, 0.2) is 0 Å². The van der Waals surface area contributed by atoms with Crippen molar-refractivity contribution in [2.75, 3.05) is 13.2 Å². The zero-order chi connectivity index (χ0) is 35.0. The summed E-state index contributed by atoms with van der Waals surface area (Å²) in [6.07, 6.45) is 17.5. The van der Waals surface area contributed by atoms with Crippen LogP contribution in [0.4, 0.5) is 0 Å². The standard InChI is InChI=1S/C41H63NO6/c1-5-6-7-8-9-10-11-12-13-14-15-16-20-23-39(44)48-37(32-38(43)41(3,4)46)33(2)29-31-47-36-26-24-34(25-27-36)28-30-42-40(45)35-21-18-17-19-22-35/h17-19,21-22,24-27,29,37-38,43,46H,5-16,20,23,28,30-32H2,1-4H3,(H,42,45)/b33-29+. The number of hydrogen-bond donors (Lipinski definition) is 3. The van der Waals surface area contributed by atoms with Crippen molar-refractivity contribution in [2.45, 2.75) is 148 Å². The molecule has 0 heterocycles. The van der Waals surface area contributed by atoms with Crippen LogP contribution in [0.2, 0.25) is 0 Å². The Labute approximate surface area is 290 Å². The zero-order valence-corrected chi connectivity index (χ0v) is 30.2. The van der Waals surface area contributed by atoms with Gasteiger partial charge in [-0.15, -0.1) is 0 Å². The van der Waals surface area contributed by atoms with Gasteiger partial charge >= 0.3 is 5.97 Å². The van der Waals surface area contributed by atoms with Crippen molar-refractivity contribution < 1.29 is 29.3 Å². The first-order valence-corrected chi connectivity index (χ1v) is 18.4. The highest BCUT2D eigenvalue weighted by molar-refractivity contribution is 5.94. The lowest BCUT2D eigenvalue weighted by Crippen LogP contribution is -2.39. The molecule has 2 aromatic carbocycles. The Kier molecular flexibility index (Phi) is 20.5. The molecule has 0 saturated heterocycles. The molecule has 1 amide bonds. The second kappa shape index (κ2) is 24.0. The van der Waals surface area contributed by atoms with E-state index < -0.39 is 17.8 Å². The van der Waals surface area contributed by atoms with E-state index in [4.69, 9.17) is 9.47 Å². The third kappa shape index (κ3) is 18.4. The maximum Gasteiger partial charge on any atom is 0.306 e. The van der Waals surface area contributed by atoms with Crippen molar-refractivity contribution in [2.24, 2.45) is 0 Å². The number of benzene rings is 2. The van der Waals surface area contributed by atoms with Gasteiger partial charge in [-0.1, -0.05) is 114 Å². The lowest BCUT2D eigenvalue weighted by atomic mass is 9.94. The second-order valence-corrected chi connectivity index (χ2v) is 13.7. The largest absolute Gasteiger partial charge is 0.490 e. The molecule has 0 bridgehead atoms. The quantitative estimate of drug-likeness (QED) is 0.0527. The molecular weight excluding hydrogens is 602 g/mol. The molecule has 0 spiro atoms. The molecule has 48 heavy (non-hydrogen) atoms. The summed E-state index contributed by atoms with van der Waals surface area (Å²) in [4.78, 5) is 25.0. The fourth-order valence-electron chi connectivity index (χ4n) is 5.49. The summed E-state index contributed by atoms with van der Waals surface area (Å²) in [6, 6.07) is 16.9. The van der Waals surface area contributed by atoms with Crippen LogP contribution in [0.1, 0.15) is 140 Å². The van der Waals surface area contributed by atoms with Crippen LogP contribution < -0.4 is 10.1 Å². The number of nitrogens with one attached hydrogen (secondary N) is 1. The Morgan fingerprint density at radius 2 is 1.40 bits per heavy atom. The van der Waals surface area contributed by atoms with Crippen molar-refractivity contribution in [3.8, 4) is 5.75 Å². The summed E-state index contributed by atoms with van der Waals surface area (Å²) >= 11 is 0. The molecule has 2 aromatic rings. The van der Waals surface area contributed by atoms with Crippen molar-refractivity contribution in [3.05, 3.63) is 77.4 Å². The molecule has 0 aliphatic carbocycles. The number of unbranched alkanes of at least 4 members (excludes halogenated alkanes) is 12. The van der Waals surface area contributed by atoms with Crippen molar-refractivity contribution in [1.29, 1.82) is 0 Å². The number of carbonyl (C=O) groups is 2. The van der Waals surface area contributed by atoms with Crippen LogP contribution in [0.25, 0.3) is 0 Å². The molecule has 7 heteroatoms. The van der Waals surface area contributed by atoms with Crippen LogP contribution in [0.3, 0.4) is 0 Å². The minimum Gasteiger partial charge on any atom is -0.490 e. The van der Waals surface area contributed by atoms with E-state index >= 15 is 0 Å². The van der Waals surface area contributed by atoms with Gasteiger partial charge in [0.25, 0.3) is 5.91 Å². The van der Waals surface area contributed by atoms with Gasteiger partial charge in [-0.05, 0) is 75.1 Å². The first kappa shape index (κ1) is 41.0. The van der Waals surface area contributed by atoms with Crippen LogP contribution in [0.5, 0.6) is 5.75 Å². The minimum atomic E-state index is -1.32. The topological polar surface area (TPSA) is 105 Å².